The molecule has 122 valence electrons. The lowest BCUT2D eigenvalue weighted by molar-refractivity contribution is -0.140. The van der Waals surface area contributed by atoms with Gasteiger partial charge in [0.1, 0.15) is 17.5 Å². The summed E-state index contributed by atoms with van der Waals surface area (Å²) >= 11 is 1.62. The van der Waals surface area contributed by atoms with E-state index in [0.29, 0.717) is 6.54 Å². The topological polar surface area (TPSA) is 101 Å². The summed E-state index contributed by atoms with van der Waals surface area (Å²) in [6.45, 7) is 1.34. The summed E-state index contributed by atoms with van der Waals surface area (Å²) in [6.07, 6.45) is 6.21. The Labute approximate surface area is 137 Å². The maximum atomic E-state index is 13.2. The molecule has 2 fully saturated rings. The van der Waals surface area contributed by atoms with Crippen molar-refractivity contribution < 1.29 is 4.79 Å². The van der Waals surface area contributed by atoms with Crippen LogP contribution < -0.4 is 10.9 Å². The van der Waals surface area contributed by atoms with Crippen LogP contribution in [0.2, 0.25) is 0 Å². The Kier molecular flexibility index (Phi) is 4.02. The number of rotatable bonds is 3. The van der Waals surface area contributed by atoms with Gasteiger partial charge in [-0.15, -0.1) is 16.4 Å². The van der Waals surface area contributed by atoms with Gasteiger partial charge < -0.3 is 4.90 Å². The van der Waals surface area contributed by atoms with Crippen LogP contribution in [0.1, 0.15) is 36.5 Å². The van der Waals surface area contributed by atoms with E-state index in [1.807, 2.05) is 10.3 Å². The smallest absolute Gasteiger partial charge is 0.231 e. The summed E-state index contributed by atoms with van der Waals surface area (Å²) < 4.78 is 1.59. The zero-order valence-electron chi connectivity index (χ0n) is 12.5. The number of hydrogen-bond acceptors (Lipinski definition) is 8. The van der Waals surface area contributed by atoms with E-state index in [1.54, 1.807) is 22.2 Å². The molecule has 2 aromatic heterocycles. The van der Waals surface area contributed by atoms with E-state index < -0.39 is 0 Å². The monoisotopic (exact) mass is 334 g/mol. The Hall–Kier alpha value is -1.91. The third-order valence-electron chi connectivity index (χ3n) is 4.44. The molecule has 23 heavy (non-hydrogen) atoms. The average molecular weight is 334 g/mol. The Morgan fingerprint density at radius 2 is 2.35 bits per heavy atom. The number of hydrogen-bond donors (Lipinski definition) is 2. The summed E-state index contributed by atoms with van der Waals surface area (Å²) in [4.78, 5) is 19.6. The van der Waals surface area contributed by atoms with Crippen molar-refractivity contribution in [1.82, 2.24) is 40.9 Å². The fraction of sp³-hybridized carbons (Fsp3) is 0.615. The van der Waals surface area contributed by atoms with E-state index in [0.717, 1.165) is 30.8 Å². The summed E-state index contributed by atoms with van der Waals surface area (Å²) in [5.41, 5.74) is 6.14. The largest absolute Gasteiger partial charge is 0.333 e. The molecule has 2 aliphatic heterocycles. The fourth-order valence-electron chi connectivity index (χ4n) is 3.32. The molecule has 1 amide bonds. The molecule has 0 bridgehead atoms. The standard InChI is InChI=1S/C13H18N8OS/c22-13(9-7-15-17-11(9)21-8-16-18-19-21)20-5-2-1-3-10(20)12-14-4-6-23-12/h4,6,8-11,15,17H,1-3,5,7H2. The molecule has 2 aliphatic rings. The number of piperidine rings is 1. The van der Waals surface area contributed by atoms with Crippen molar-refractivity contribution in [3.8, 4) is 0 Å². The van der Waals surface area contributed by atoms with Gasteiger partial charge in [-0.1, -0.05) is 0 Å². The molecule has 2 saturated heterocycles. The van der Waals surface area contributed by atoms with E-state index in [1.165, 1.54) is 6.33 Å². The molecule has 0 aliphatic carbocycles. The number of aromatic nitrogens is 5. The van der Waals surface area contributed by atoms with E-state index in [2.05, 4.69) is 31.4 Å². The molecule has 3 atom stereocenters. The third-order valence-corrected chi connectivity index (χ3v) is 5.32. The lowest BCUT2D eigenvalue weighted by atomic mass is 9.98. The van der Waals surface area contributed by atoms with Gasteiger partial charge >= 0.3 is 0 Å². The van der Waals surface area contributed by atoms with Gasteiger partial charge in [0.25, 0.3) is 0 Å². The maximum Gasteiger partial charge on any atom is 0.231 e. The number of amides is 1. The van der Waals surface area contributed by atoms with Gasteiger partial charge in [-0.3, -0.25) is 10.2 Å². The number of hydrazine groups is 1. The van der Waals surface area contributed by atoms with Crippen LogP contribution >= 0.6 is 11.3 Å². The number of nitrogens with zero attached hydrogens (tertiary/aromatic N) is 6. The first-order valence-electron chi connectivity index (χ1n) is 7.75. The van der Waals surface area contributed by atoms with E-state index in [4.69, 9.17) is 0 Å². The van der Waals surface area contributed by atoms with E-state index in [9.17, 15) is 4.79 Å². The van der Waals surface area contributed by atoms with E-state index >= 15 is 0 Å². The third kappa shape index (κ3) is 2.73. The Morgan fingerprint density at radius 3 is 3.13 bits per heavy atom. The first kappa shape index (κ1) is 14.7. The lowest BCUT2D eigenvalue weighted by Crippen LogP contribution is -2.44. The molecule has 0 spiro atoms. The van der Waals surface area contributed by atoms with Crippen LogP contribution in [0.5, 0.6) is 0 Å². The van der Waals surface area contributed by atoms with Crippen LogP contribution in [-0.2, 0) is 4.79 Å². The van der Waals surface area contributed by atoms with Gasteiger partial charge in [-0.2, -0.15) is 0 Å². The molecule has 9 nitrogen and oxygen atoms in total. The number of thiazole rings is 1. The molecule has 3 unspecified atom stereocenters. The Morgan fingerprint density at radius 1 is 1.39 bits per heavy atom. The summed E-state index contributed by atoms with van der Waals surface area (Å²) in [5, 5.41) is 14.2. The first-order valence-corrected chi connectivity index (χ1v) is 8.63. The molecule has 2 aromatic rings. The van der Waals surface area contributed by atoms with Crippen molar-refractivity contribution in [2.24, 2.45) is 5.92 Å². The quantitative estimate of drug-likeness (QED) is 0.821. The number of carbonyl (C=O) groups is 1. The van der Waals surface area contributed by atoms with E-state index in [-0.39, 0.29) is 24.0 Å². The molecule has 4 heterocycles. The second-order valence-electron chi connectivity index (χ2n) is 5.78. The summed E-state index contributed by atoms with van der Waals surface area (Å²) in [6, 6.07) is 0.0892. The van der Waals surface area contributed by atoms with Crippen molar-refractivity contribution in [2.75, 3.05) is 13.1 Å². The molecule has 0 aromatic carbocycles. The fourth-order valence-corrected chi connectivity index (χ4v) is 4.10. The summed E-state index contributed by atoms with van der Waals surface area (Å²) in [5.74, 6) is -0.109. The Balaban J connectivity index is 1.57. The zero-order chi connectivity index (χ0) is 15.6. The van der Waals surface area contributed by atoms with Gasteiger partial charge in [0, 0.05) is 24.7 Å². The van der Waals surface area contributed by atoms with Gasteiger partial charge in [0.05, 0.1) is 12.0 Å². The van der Waals surface area contributed by atoms with Gasteiger partial charge in [0.15, 0.2) is 0 Å². The molecule has 0 radical (unpaired) electrons. The molecular weight excluding hydrogens is 316 g/mol. The zero-order valence-corrected chi connectivity index (χ0v) is 13.3. The number of nitrogens with one attached hydrogen (secondary N) is 2. The predicted molar refractivity (Wildman–Crippen MR) is 81.9 cm³/mol. The minimum atomic E-state index is -0.267. The van der Waals surface area contributed by atoms with Crippen LogP contribution in [0.25, 0.3) is 0 Å². The lowest BCUT2D eigenvalue weighted by Gasteiger charge is -2.36. The minimum Gasteiger partial charge on any atom is -0.333 e. The van der Waals surface area contributed by atoms with Crippen molar-refractivity contribution in [3.63, 3.8) is 0 Å². The second-order valence-corrected chi connectivity index (χ2v) is 6.71. The number of likely N-dealkylation sites (tertiary alicyclic amines) is 1. The van der Waals surface area contributed by atoms with Crippen LogP contribution in [0.4, 0.5) is 0 Å². The van der Waals surface area contributed by atoms with Crippen LogP contribution in [-0.4, -0.2) is 49.1 Å². The number of tetrazole rings is 1. The normalized spacial score (nSPS) is 28.2. The highest BCUT2D eigenvalue weighted by atomic mass is 32.1. The van der Waals surface area contributed by atoms with Crippen LogP contribution in [0.15, 0.2) is 17.9 Å². The summed E-state index contributed by atoms with van der Waals surface area (Å²) in [7, 11) is 0. The van der Waals surface area contributed by atoms with Crippen molar-refractivity contribution in [1.29, 1.82) is 0 Å². The molecule has 2 N–H and O–H groups in total. The molecule has 10 heteroatoms. The average Bonchev–Trinajstić information content (AvgIpc) is 3.35. The second kappa shape index (κ2) is 6.30. The highest BCUT2D eigenvalue weighted by molar-refractivity contribution is 7.09. The van der Waals surface area contributed by atoms with Gasteiger partial charge in [-0.05, 0) is 29.7 Å². The van der Waals surface area contributed by atoms with Gasteiger partial charge in [0.2, 0.25) is 5.91 Å². The Bertz CT molecular complexity index is 645. The maximum absolute atomic E-state index is 13.2. The highest BCUT2D eigenvalue weighted by Gasteiger charge is 2.40. The molecular formula is C13H18N8OS. The van der Waals surface area contributed by atoms with Crippen molar-refractivity contribution in [3.05, 3.63) is 22.9 Å². The predicted octanol–water partition coefficient (Wildman–Crippen LogP) is 0.106. The van der Waals surface area contributed by atoms with Crippen molar-refractivity contribution in [2.45, 2.75) is 31.5 Å². The SMILES string of the molecule is O=C(C1CNNC1n1cnnn1)N1CCCCC1c1nccs1. The first-order chi connectivity index (χ1) is 11.3. The van der Waals surface area contributed by atoms with Crippen molar-refractivity contribution >= 4 is 17.2 Å². The number of carbonyl (C=O) groups excluding carboxylic acids is 1. The molecule has 0 saturated carbocycles. The highest BCUT2D eigenvalue weighted by Crippen LogP contribution is 2.34. The van der Waals surface area contributed by atoms with Crippen LogP contribution in [0, 0.1) is 5.92 Å². The minimum absolute atomic E-state index is 0.0892. The van der Waals surface area contributed by atoms with Crippen LogP contribution in [0.3, 0.4) is 0 Å². The van der Waals surface area contributed by atoms with Gasteiger partial charge in [-0.25, -0.2) is 15.1 Å². The molecule has 4 rings (SSSR count).